The minimum absolute atomic E-state index is 0.0231. The summed E-state index contributed by atoms with van der Waals surface area (Å²) in [5, 5.41) is 4.70. The fourth-order valence-corrected chi connectivity index (χ4v) is 4.16. The van der Waals surface area contributed by atoms with Gasteiger partial charge in [-0.3, -0.25) is 14.4 Å². The topological polar surface area (TPSA) is 75.7 Å². The van der Waals surface area contributed by atoms with Gasteiger partial charge in [0.2, 0.25) is 0 Å². The van der Waals surface area contributed by atoms with Crippen molar-refractivity contribution < 1.29 is 19.1 Å². The molecular formula is C24H22N2O4S. The van der Waals surface area contributed by atoms with Crippen molar-refractivity contribution in [1.29, 1.82) is 0 Å². The smallest absolute Gasteiger partial charge is 0.314 e. The minimum atomic E-state index is -0.288. The number of carbonyl (C=O) groups excluding carboxylic acids is 3. The van der Waals surface area contributed by atoms with Crippen LogP contribution in [0.3, 0.4) is 0 Å². The van der Waals surface area contributed by atoms with E-state index in [1.807, 2.05) is 23.6 Å². The highest BCUT2D eigenvalue weighted by atomic mass is 32.1. The molecule has 1 aliphatic rings. The molecular weight excluding hydrogens is 412 g/mol. The summed E-state index contributed by atoms with van der Waals surface area (Å²) < 4.78 is 5.51. The quantitative estimate of drug-likeness (QED) is 0.475. The van der Waals surface area contributed by atoms with Gasteiger partial charge in [0.05, 0.1) is 10.8 Å². The molecule has 0 saturated carbocycles. The number of nitrogens with one attached hydrogen (secondary N) is 1. The summed E-state index contributed by atoms with van der Waals surface area (Å²) in [6.45, 7) is 1.09. The Balaban J connectivity index is 1.27. The number of hydrogen-bond donors (Lipinski definition) is 1. The zero-order chi connectivity index (χ0) is 21.6. The number of amides is 2. The van der Waals surface area contributed by atoms with Crippen LogP contribution in [0.4, 0.5) is 5.69 Å². The van der Waals surface area contributed by atoms with Gasteiger partial charge in [-0.25, -0.2) is 0 Å². The molecule has 0 unspecified atom stereocenters. The van der Waals surface area contributed by atoms with E-state index in [1.165, 1.54) is 11.3 Å². The van der Waals surface area contributed by atoms with Crippen LogP contribution in [0.15, 0.2) is 72.1 Å². The summed E-state index contributed by atoms with van der Waals surface area (Å²) in [7, 11) is 0. The molecule has 1 saturated heterocycles. The van der Waals surface area contributed by atoms with Crippen LogP contribution in [-0.4, -0.2) is 35.8 Å². The maximum atomic E-state index is 12.5. The monoisotopic (exact) mass is 434 g/mol. The van der Waals surface area contributed by atoms with E-state index in [2.05, 4.69) is 5.32 Å². The van der Waals surface area contributed by atoms with Crippen molar-refractivity contribution in [2.24, 2.45) is 5.92 Å². The van der Waals surface area contributed by atoms with Crippen LogP contribution in [0.25, 0.3) is 0 Å². The normalized spacial score (nSPS) is 14.1. The van der Waals surface area contributed by atoms with Gasteiger partial charge in [-0.05, 0) is 60.7 Å². The molecule has 2 aromatic carbocycles. The Morgan fingerprint density at radius 2 is 1.61 bits per heavy atom. The van der Waals surface area contributed by atoms with E-state index in [9.17, 15) is 14.4 Å². The van der Waals surface area contributed by atoms with E-state index in [1.54, 1.807) is 53.4 Å². The predicted octanol–water partition coefficient (Wildman–Crippen LogP) is 4.46. The summed E-state index contributed by atoms with van der Waals surface area (Å²) in [5.74, 6) is -0.266. The molecule has 4 rings (SSSR count). The number of anilines is 1. The molecule has 0 aliphatic carbocycles. The van der Waals surface area contributed by atoms with Crippen molar-refractivity contribution in [3.8, 4) is 5.75 Å². The Morgan fingerprint density at radius 1 is 0.903 bits per heavy atom. The Hall–Kier alpha value is -3.45. The molecule has 2 amide bonds. The molecule has 2 heterocycles. The van der Waals surface area contributed by atoms with Crippen LogP contribution >= 0.6 is 11.3 Å². The van der Waals surface area contributed by atoms with E-state index < -0.39 is 0 Å². The van der Waals surface area contributed by atoms with Crippen LogP contribution in [0.2, 0.25) is 0 Å². The maximum absolute atomic E-state index is 12.5. The first-order valence-corrected chi connectivity index (χ1v) is 11.0. The van der Waals surface area contributed by atoms with Crippen LogP contribution in [0.5, 0.6) is 5.75 Å². The zero-order valence-corrected chi connectivity index (χ0v) is 17.6. The first kappa shape index (κ1) is 20.8. The molecule has 0 radical (unpaired) electrons. The number of thiophene rings is 1. The summed E-state index contributed by atoms with van der Waals surface area (Å²) in [5.41, 5.74) is 1.19. The van der Waals surface area contributed by atoms with Crippen LogP contribution < -0.4 is 10.1 Å². The predicted molar refractivity (Wildman–Crippen MR) is 119 cm³/mol. The van der Waals surface area contributed by atoms with Gasteiger partial charge in [-0.15, -0.1) is 11.3 Å². The molecule has 158 valence electrons. The molecule has 1 N–H and O–H groups in total. The van der Waals surface area contributed by atoms with Crippen LogP contribution in [0, 0.1) is 5.92 Å². The van der Waals surface area contributed by atoms with Crippen molar-refractivity contribution in [3.63, 3.8) is 0 Å². The number of nitrogens with zero attached hydrogens (tertiary/aromatic N) is 1. The Morgan fingerprint density at radius 3 is 2.26 bits per heavy atom. The third-order valence-electron chi connectivity index (χ3n) is 5.21. The summed E-state index contributed by atoms with van der Waals surface area (Å²) in [6, 6.07) is 19.3. The van der Waals surface area contributed by atoms with Gasteiger partial charge in [0, 0.05) is 24.3 Å². The van der Waals surface area contributed by atoms with E-state index in [0.29, 0.717) is 42.9 Å². The fourth-order valence-electron chi connectivity index (χ4n) is 3.47. The van der Waals surface area contributed by atoms with Crippen LogP contribution in [0.1, 0.15) is 32.9 Å². The zero-order valence-electron chi connectivity index (χ0n) is 16.8. The van der Waals surface area contributed by atoms with Gasteiger partial charge < -0.3 is 15.0 Å². The summed E-state index contributed by atoms with van der Waals surface area (Å²) in [6.07, 6.45) is 1.17. The van der Waals surface area contributed by atoms with Gasteiger partial charge in [0.15, 0.2) is 0 Å². The number of hydrogen-bond acceptors (Lipinski definition) is 5. The van der Waals surface area contributed by atoms with E-state index in [-0.39, 0.29) is 23.7 Å². The van der Waals surface area contributed by atoms with Crippen molar-refractivity contribution in [2.45, 2.75) is 12.8 Å². The second kappa shape index (κ2) is 9.57. The van der Waals surface area contributed by atoms with E-state index >= 15 is 0 Å². The number of carbonyl (C=O) groups is 3. The molecule has 1 aliphatic heterocycles. The average molecular weight is 435 g/mol. The second-order valence-electron chi connectivity index (χ2n) is 7.31. The highest BCUT2D eigenvalue weighted by Gasteiger charge is 2.29. The lowest BCUT2D eigenvalue weighted by atomic mass is 9.97. The summed E-state index contributed by atoms with van der Waals surface area (Å²) >= 11 is 1.43. The average Bonchev–Trinajstić information content (AvgIpc) is 3.35. The number of likely N-dealkylation sites (tertiary alicyclic amines) is 1. The SMILES string of the molecule is O=C(Nc1ccc(OC(=O)C2CCN(C(=O)c3cccs3)CC2)cc1)c1ccccc1. The first-order valence-electron chi connectivity index (χ1n) is 10.1. The molecule has 1 fully saturated rings. The third kappa shape index (κ3) is 5.19. The number of benzene rings is 2. The van der Waals surface area contributed by atoms with Gasteiger partial charge in [-0.1, -0.05) is 24.3 Å². The molecule has 31 heavy (non-hydrogen) atoms. The molecule has 0 atom stereocenters. The van der Waals surface area contributed by atoms with Gasteiger partial charge in [-0.2, -0.15) is 0 Å². The van der Waals surface area contributed by atoms with Crippen molar-refractivity contribution >= 4 is 34.8 Å². The highest BCUT2D eigenvalue weighted by Crippen LogP contribution is 2.24. The second-order valence-corrected chi connectivity index (χ2v) is 8.26. The standard InChI is InChI=1S/C24H22N2O4S/c27-22(17-5-2-1-3-6-17)25-19-8-10-20(11-9-19)30-24(29)18-12-14-26(15-13-18)23(28)21-7-4-16-31-21/h1-11,16,18H,12-15H2,(H,25,27). The molecule has 3 aromatic rings. The van der Waals surface area contributed by atoms with Gasteiger partial charge in [0.25, 0.3) is 11.8 Å². The highest BCUT2D eigenvalue weighted by molar-refractivity contribution is 7.12. The molecule has 0 bridgehead atoms. The third-order valence-corrected chi connectivity index (χ3v) is 6.07. The molecule has 7 heteroatoms. The Labute approximate surface area is 184 Å². The lowest BCUT2D eigenvalue weighted by Gasteiger charge is -2.30. The van der Waals surface area contributed by atoms with E-state index in [4.69, 9.17) is 4.74 Å². The number of esters is 1. The van der Waals surface area contributed by atoms with E-state index in [0.717, 1.165) is 4.88 Å². The minimum Gasteiger partial charge on any atom is -0.426 e. The lowest BCUT2D eigenvalue weighted by Crippen LogP contribution is -2.40. The Bertz CT molecular complexity index is 1040. The maximum Gasteiger partial charge on any atom is 0.314 e. The lowest BCUT2D eigenvalue weighted by molar-refractivity contribution is -0.140. The molecule has 6 nitrogen and oxygen atoms in total. The number of piperidine rings is 1. The largest absolute Gasteiger partial charge is 0.426 e. The van der Waals surface area contributed by atoms with Crippen LogP contribution in [-0.2, 0) is 4.79 Å². The first-order chi connectivity index (χ1) is 15.1. The summed E-state index contributed by atoms with van der Waals surface area (Å²) in [4.78, 5) is 39.7. The molecule has 0 spiro atoms. The molecule has 1 aromatic heterocycles. The number of rotatable bonds is 5. The van der Waals surface area contributed by atoms with Gasteiger partial charge >= 0.3 is 5.97 Å². The fraction of sp³-hybridized carbons (Fsp3) is 0.208. The van der Waals surface area contributed by atoms with Crippen molar-refractivity contribution in [3.05, 3.63) is 82.6 Å². The van der Waals surface area contributed by atoms with Crippen molar-refractivity contribution in [1.82, 2.24) is 4.90 Å². The number of ether oxygens (including phenoxy) is 1. The van der Waals surface area contributed by atoms with Gasteiger partial charge in [0.1, 0.15) is 5.75 Å². The van der Waals surface area contributed by atoms with Crippen molar-refractivity contribution in [2.75, 3.05) is 18.4 Å². The Kier molecular flexibility index (Phi) is 6.43.